The summed E-state index contributed by atoms with van der Waals surface area (Å²) in [5.74, 6) is 1.87. The Morgan fingerprint density at radius 2 is 2.14 bits per heavy atom. The third kappa shape index (κ3) is 4.80. The molecule has 1 atom stereocenters. The van der Waals surface area contributed by atoms with Crippen molar-refractivity contribution in [2.45, 2.75) is 31.8 Å². The number of halogens is 1. The molecule has 0 radical (unpaired) electrons. The summed E-state index contributed by atoms with van der Waals surface area (Å²) in [4.78, 5) is 4.48. The predicted molar refractivity (Wildman–Crippen MR) is 86.2 cm³/mol. The van der Waals surface area contributed by atoms with Gasteiger partial charge in [-0.3, -0.25) is 0 Å². The predicted octanol–water partition coefficient (Wildman–Crippen LogP) is 2.72. The number of ether oxygens (including phenoxy) is 1. The maximum Gasteiger partial charge on any atom is 0.231 e. The van der Waals surface area contributed by atoms with Gasteiger partial charge in [-0.25, -0.2) is 0 Å². The molecule has 2 aromatic rings. The summed E-state index contributed by atoms with van der Waals surface area (Å²) in [5, 5.41) is 7.40. The molecule has 1 unspecified atom stereocenters. The Hall–Kier alpha value is -1.43. The maximum atomic E-state index is 5.64. The number of hydrogen-bond acceptors (Lipinski definition) is 5. The standard InChI is InChI=1S/C16H21N3O2.ClH/c1-2-5-13(6-3-1)12-20-10-8-15-18-16(21-19-15)14-7-4-9-17-11-14;/h1-3,5-6,14,17H,4,7-12H2;1H. The van der Waals surface area contributed by atoms with Crippen LogP contribution in [0.5, 0.6) is 0 Å². The van der Waals surface area contributed by atoms with Crippen LogP contribution in [-0.2, 0) is 17.8 Å². The first-order valence-corrected chi connectivity index (χ1v) is 7.56. The molecular formula is C16H22ClN3O2. The van der Waals surface area contributed by atoms with Crippen LogP contribution in [0.2, 0.25) is 0 Å². The summed E-state index contributed by atoms with van der Waals surface area (Å²) in [6.45, 7) is 3.26. The summed E-state index contributed by atoms with van der Waals surface area (Å²) in [6, 6.07) is 10.2. The van der Waals surface area contributed by atoms with E-state index < -0.39 is 0 Å². The van der Waals surface area contributed by atoms with Crippen LogP contribution in [-0.4, -0.2) is 29.8 Å². The summed E-state index contributed by atoms with van der Waals surface area (Å²) in [6.07, 6.45) is 2.98. The minimum Gasteiger partial charge on any atom is -0.376 e. The number of nitrogens with one attached hydrogen (secondary N) is 1. The van der Waals surface area contributed by atoms with E-state index in [0.29, 0.717) is 25.6 Å². The average Bonchev–Trinajstić information content (AvgIpc) is 3.02. The Balaban J connectivity index is 0.00000176. The van der Waals surface area contributed by atoms with E-state index in [4.69, 9.17) is 9.26 Å². The number of piperidine rings is 1. The van der Waals surface area contributed by atoms with Gasteiger partial charge >= 0.3 is 0 Å². The van der Waals surface area contributed by atoms with Gasteiger partial charge in [-0.15, -0.1) is 12.4 Å². The molecule has 1 saturated heterocycles. The van der Waals surface area contributed by atoms with Crippen molar-refractivity contribution in [2.75, 3.05) is 19.7 Å². The molecule has 0 bridgehead atoms. The second-order valence-electron chi connectivity index (χ2n) is 5.38. The van der Waals surface area contributed by atoms with Gasteiger partial charge in [0.2, 0.25) is 5.89 Å². The van der Waals surface area contributed by atoms with E-state index in [1.807, 2.05) is 18.2 Å². The van der Waals surface area contributed by atoms with Crippen molar-refractivity contribution >= 4 is 12.4 Å². The highest BCUT2D eigenvalue weighted by atomic mass is 35.5. The van der Waals surface area contributed by atoms with Gasteiger partial charge in [0.15, 0.2) is 5.82 Å². The van der Waals surface area contributed by atoms with E-state index in [0.717, 1.165) is 31.2 Å². The molecule has 120 valence electrons. The molecule has 1 fully saturated rings. The summed E-state index contributed by atoms with van der Waals surface area (Å²) >= 11 is 0. The highest BCUT2D eigenvalue weighted by molar-refractivity contribution is 5.85. The van der Waals surface area contributed by atoms with Crippen molar-refractivity contribution in [3.8, 4) is 0 Å². The van der Waals surface area contributed by atoms with Crippen molar-refractivity contribution in [3.63, 3.8) is 0 Å². The Bertz CT molecular complexity index is 541. The van der Waals surface area contributed by atoms with Crippen molar-refractivity contribution in [3.05, 3.63) is 47.6 Å². The van der Waals surface area contributed by atoms with Crippen LogP contribution in [0.3, 0.4) is 0 Å². The topological polar surface area (TPSA) is 60.2 Å². The molecule has 1 N–H and O–H groups in total. The molecule has 2 heterocycles. The lowest BCUT2D eigenvalue weighted by molar-refractivity contribution is 0.122. The fourth-order valence-corrected chi connectivity index (χ4v) is 2.53. The van der Waals surface area contributed by atoms with Crippen LogP contribution >= 0.6 is 12.4 Å². The Morgan fingerprint density at radius 3 is 2.91 bits per heavy atom. The van der Waals surface area contributed by atoms with Gasteiger partial charge in [-0.2, -0.15) is 4.98 Å². The molecule has 1 aliphatic heterocycles. The molecule has 0 amide bonds. The van der Waals surface area contributed by atoms with Crippen molar-refractivity contribution < 1.29 is 9.26 Å². The average molecular weight is 324 g/mol. The second kappa shape index (κ2) is 8.88. The van der Waals surface area contributed by atoms with E-state index >= 15 is 0 Å². The molecule has 0 saturated carbocycles. The minimum atomic E-state index is 0. The Labute approximate surface area is 136 Å². The summed E-state index contributed by atoms with van der Waals surface area (Å²) in [5.41, 5.74) is 1.18. The van der Waals surface area contributed by atoms with Crippen LogP contribution in [0.1, 0.15) is 36.0 Å². The molecular weight excluding hydrogens is 302 g/mol. The third-order valence-corrected chi connectivity index (χ3v) is 3.71. The molecule has 0 spiro atoms. The van der Waals surface area contributed by atoms with E-state index in [9.17, 15) is 0 Å². The first-order valence-electron chi connectivity index (χ1n) is 7.56. The smallest absolute Gasteiger partial charge is 0.231 e. The first kappa shape index (κ1) is 16.9. The lowest BCUT2D eigenvalue weighted by Crippen LogP contribution is -2.28. The van der Waals surface area contributed by atoms with Gasteiger partial charge in [0.05, 0.1) is 19.1 Å². The van der Waals surface area contributed by atoms with Crippen molar-refractivity contribution in [1.82, 2.24) is 15.5 Å². The first-order chi connectivity index (χ1) is 10.4. The second-order valence-corrected chi connectivity index (χ2v) is 5.38. The van der Waals surface area contributed by atoms with Crippen molar-refractivity contribution in [1.29, 1.82) is 0 Å². The number of rotatable bonds is 6. The van der Waals surface area contributed by atoms with Gasteiger partial charge in [0.25, 0.3) is 0 Å². The minimum absolute atomic E-state index is 0. The zero-order valence-corrected chi connectivity index (χ0v) is 13.3. The summed E-state index contributed by atoms with van der Waals surface area (Å²) < 4.78 is 11.0. The highest BCUT2D eigenvalue weighted by Crippen LogP contribution is 2.21. The van der Waals surface area contributed by atoms with Gasteiger partial charge in [0.1, 0.15) is 0 Å². The van der Waals surface area contributed by atoms with E-state index in [2.05, 4.69) is 27.6 Å². The normalized spacial score (nSPS) is 17.9. The van der Waals surface area contributed by atoms with Crippen LogP contribution in [0.4, 0.5) is 0 Å². The Kier molecular flexibility index (Phi) is 6.83. The SMILES string of the molecule is Cl.c1ccc(COCCc2noc(C3CCCNC3)n2)cc1. The monoisotopic (exact) mass is 323 g/mol. The maximum absolute atomic E-state index is 5.64. The van der Waals surface area contributed by atoms with E-state index in [-0.39, 0.29) is 12.4 Å². The largest absolute Gasteiger partial charge is 0.376 e. The number of hydrogen-bond donors (Lipinski definition) is 1. The van der Waals surface area contributed by atoms with Gasteiger partial charge in [0, 0.05) is 13.0 Å². The molecule has 5 nitrogen and oxygen atoms in total. The zero-order valence-electron chi connectivity index (χ0n) is 12.5. The van der Waals surface area contributed by atoms with Crippen LogP contribution in [0.25, 0.3) is 0 Å². The fourth-order valence-electron chi connectivity index (χ4n) is 2.53. The van der Waals surface area contributed by atoms with Crippen LogP contribution in [0.15, 0.2) is 34.9 Å². The number of aromatic nitrogens is 2. The molecule has 6 heteroatoms. The third-order valence-electron chi connectivity index (χ3n) is 3.71. The Morgan fingerprint density at radius 1 is 1.27 bits per heavy atom. The van der Waals surface area contributed by atoms with Crippen LogP contribution in [0, 0.1) is 0 Å². The quantitative estimate of drug-likeness (QED) is 0.828. The zero-order chi connectivity index (χ0) is 14.3. The molecule has 3 rings (SSSR count). The lowest BCUT2D eigenvalue weighted by atomic mass is 10.00. The number of benzene rings is 1. The highest BCUT2D eigenvalue weighted by Gasteiger charge is 2.21. The van der Waals surface area contributed by atoms with Crippen LogP contribution < -0.4 is 5.32 Å². The van der Waals surface area contributed by atoms with E-state index in [1.54, 1.807) is 0 Å². The van der Waals surface area contributed by atoms with Crippen molar-refractivity contribution in [2.24, 2.45) is 0 Å². The molecule has 22 heavy (non-hydrogen) atoms. The molecule has 1 aromatic carbocycles. The van der Waals surface area contributed by atoms with Gasteiger partial charge < -0.3 is 14.6 Å². The fraction of sp³-hybridized carbons (Fsp3) is 0.500. The molecule has 1 aromatic heterocycles. The van der Waals surface area contributed by atoms with Gasteiger partial charge in [-0.05, 0) is 24.9 Å². The number of nitrogens with zero attached hydrogens (tertiary/aromatic N) is 2. The lowest BCUT2D eigenvalue weighted by Gasteiger charge is -2.18. The molecule has 0 aliphatic carbocycles. The van der Waals surface area contributed by atoms with E-state index in [1.165, 1.54) is 12.0 Å². The molecule has 1 aliphatic rings. The summed E-state index contributed by atoms with van der Waals surface area (Å²) in [7, 11) is 0. The van der Waals surface area contributed by atoms with Gasteiger partial charge in [-0.1, -0.05) is 35.5 Å².